The predicted molar refractivity (Wildman–Crippen MR) is 140 cm³/mol. The molecule has 2 saturated heterocycles. The Morgan fingerprint density at radius 3 is 2.19 bits per heavy atom. The summed E-state index contributed by atoms with van der Waals surface area (Å²) in [5, 5.41) is 0. The SMILES string of the molecule is Cc1cc(OC(=O)[C@@H]2CC(=O)N(c3ccc(F)cc3)C2)ccc1N1C(=O)[C@@H]2[C@H]3C[C@@H]([C@@H](Br)[C@H]3Br)[C@H]2C1=O. The summed E-state index contributed by atoms with van der Waals surface area (Å²) in [6.07, 6.45) is 0.862. The zero-order valence-electron chi connectivity index (χ0n) is 19.8. The summed E-state index contributed by atoms with van der Waals surface area (Å²) in [6.45, 7) is 1.91. The van der Waals surface area contributed by atoms with Gasteiger partial charge in [0.25, 0.3) is 0 Å². The number of fused-ring (bicyclic) bond motifs is 5. The van der Waals surface area contributed by atoms with Crippen LogP contribution in [0.4, 0.5) is 15.8 Å². The van der Waals surface area contributed by atoms with Crippen molar-refractivity contribution >= 4 is 66.9 Å². The normalized spacial score (nSPS) is 32.4. The van der Waals surface area contributed by atoms with Gasteiger partial charge in [-0.1, -0.05) is 31.9 Å². The zero-order chi connectivity index (χ0) is 26.2. The first-order valence-electron chi connectivity index (χ1n) is 12.2. The molecular weight excluding hydrogens is 611 g/mol. The Balaban J connectivity index is 1.16. The fourth-order valence-corrected chi connectivity index (χ4v) is 8.34. The van der Waals surface area contributed by atoms with Gasteiger partial charge >= 0.3 is 5.97 Å². The van der Waals surface area contributed by atoms with Crippen molar-refractivity contribution in [3.63, 3.8) is 0 Å². The number of hydrogen-bond donors (Lipinski definition) is 0. The van der Waals surface area contributed by atoms with Crippen molar-refractivity contribution in [3.8, 4) is 5.75 Å². The second kappa shape index (κ2) is 9.01. The van der Waals surface area contributed by atoms with Crippen molar-refractivity contribution in [2.24, 2.45) is 29.6 Å². The maximum absolute atomic E-state index is 13.4. The molecule has 4 fully saturated rings. The topological polar surface area (TPSA) is 84.0 Å². The summed E-state index contributed by atoms with van der Waals surface area (Å²) in [5.41, 5.74) is 1.66. The van der Waals surface area contributed by atoms with Crippen molar-refractivity contribution in [2.45, 2.75) is 29.4 Å². The highest BCUT2D eigenvalue weighted by molar-refractivity contribution is 9.12. The molecule has 2 aliphatic carbocycles. The molecule has 37 heavy (non-hydrogen) atoms. The second-order valence-electron chi connectivity index (χ2n) is 10.3. The smallest absolute Gasteiger partial charge is 0.316 e. The predicted octanol–water partition coefficient (Wildman–Crippen LogP) is 4.37. The maximum Gasteiger partial charge on any atom is 0.316 e. The zero-order valence-corrected chi connectivity index (χ0v) is 22.9. The van der Waals surface area contributed by atoms with E-state index in [1.807, 2.05) is 0 Å². The molecule has 10 heteroatoms. The molecule has 4 aliphatic rings. The highest BCUT2D eigenvalue weighted by atomic mass is 79.9. The minimum absolute atomic E-state index is 0.00169. The molecule has 0 radical (unpaired) electrons. The van der Waals surface area contributed by atoms with Crippen molar-refractivity contribution in [3.05, 3.63) is 53.8 Å². The number of benzene rings is 2. The number of rotatable bonds is 4. The quantitative estimate of drug-likeness (QED) is 0.216. The summed E-state index contributed by atoms with van der Waals surface area (Å²) < 4.78 is 18.8. The molecule has 192 valence electrons. The first-order chi connectivity index (χ1) is 17.7. The molecule has 0 N–H and O–H groups in total. The summed E-state index contributed by atoms with van der Waals surface area (Å²) in [4.78, 5) is 55.1. The van der Waals surface area contributed by atoms with E-state index in [4.69, 9.17) is 4.74 Å². The monoisotopic (exact) mass is 632 g/mol. The van der Waals surface area contributed by atoms with E-state index in [0.717, 1.165) is 6.42 Å². The molecular formula is C27H23Br2FN2O5. The second-order valence-corrected chi connectivity index (χ2v) is 12.4. The minimum atomic E-state index is -0.663. The van der Waals surface area contributed by atoms with Crippen LogP contribution in [0.15, 0.2) is 42.5 Å². The van der Waals surface area contributed by atoms with Crippen LogP contribution in [0.2, 0.25) is 0 Å². The number of hydrogen-bond acceptors (Lipinski definition) is 5. The molecule has 2 saturated carbocycles. The number of imide groups is 1. The molecule has 6 rings (SSSR count). The van der Waals surface area contributed by atoms with Gasteiger partial charge in [0.15, 0.2) is 0 Å². The molecule has 0 aromatic heterocycles. The summed E-state index contributed by atoms with van der Waals surface area (Å²) in [5.74, 6) is -2.25. The van der Waals surface area contributed by atoms with E-state index in [0.29, 0.717) is 16.9 Å². The van der Waals surface area contributed by atoms with Crippen molar-refractivity contribution < 1.29 is 28.3 Å². The fraction of sp³-hybridized carbons (Fsp3) is 0.407. The maximum atomic E-state index is 13.4. The van der Waals surface area contributed by atoms with E-state index in [2.05, 4.69) is 31.9 Å². The van der Waals surface area contributed by atoms with Gasteiger partial charge in [-0.05, 0) is 73.2 Å². The lowest BCUT2D eigenvalue weighted by Gasteiger charge is -2.28. The Kier molecular flexibility index (Phi) is 6.02. The van der Waals surface area contributed by atoms with Gasteiger partial charge < -0.3 is 9.64 Å². The lowest BCUT2D eigenvalue weighted by atomic mass is 9.81. The number of halogens is 3. The number of amides is 3. The Bertz CT molecular complexity index is 1300. The molecule has 0 unspecified atom stereocenters. The third-order valence-corrected chi connectivity index (χ3v) is 11.4. The van der Waals surface area contributed by atoms with Gasteiger partial charge in [-0.3, -0.25) is 19.2 Å². The number of esters is 1. The Morgan fingerprint density at radius 1 is 0.973 bits per heavy atom. The van der Waals surface area contributed by atoms with E-state index in [1.165, 1.54) is 34.1 Å². The minimum Gasteiger partial charge on any atom is -0.426 e. The molecule has 2 aliphatic heterocycles. The average Bonchev–Trinajstić information content (AvgIpc) is 3.58. The number of carbonyl (C=O) groups is 4. The van der Waals surface area contributed by atoms with Gasteiger partial charge in [0.2, 0.25) is 17.7 Å². The molecule has 7 nitrogen and oxygen atoms in total. The van der Waals surface area contributed by atoms with E-state index in [1.54, 1.807) is 25.1 Å². The van der Waals surface area contributed by atoms with Crippen molar-refractivity contribution in [1.29, 1.82) is 0 Å². The van der Waals surface area contributed by atoms with Gasteiger partial charge in [0, 0.05) is 28.3 Å². The number of aryl methyl sites for hydroxylation is 1. The fourth-order valence-electron chi connectivity index (χ4n) is 6.46. The van der Waals surface area contributed by atoms with Crippen LogP contribution in [0.25, 0.3) is 0 Å². The molecule has 0 spiro atoms. The highest BCUT2D eigenvalue weighted by Gasteiger charge is 2.66. The van der Waals surface area contributed by atoms with Gasteiger partial charge in [0.1, 0.15) is 11.6 Å². The third kappa shape index (κ3) is 3.86. The van der Waals surface area contributed by atoms with Crippen LogP contribution < -0.4 is 14.5 Å². The van der Waals surface area contributed by atoms with Crippen LogP contribution in [0.5, 0.6) is 5.75 Å². The summed E-state index contributed by atoms with van der Waals surface area (Å²) in [7, 11) is 0. The Labute approximate surface area is 229 Å². The van der Waals surface area contributed by atoms with Crippen LogP contribution in [0.3, 0.4) is 0 Å². The molecule has 7 atom stereocenters. The van der Waals surface area contributed by atoms with Crippen molar-refractivity contribution in [2.75, 3.05) is 16.3 Å². The lowest BCUT2D eigenvalue weighted by molar-refractivity contribution is -0.139. The number of nitrogens with zero attached hydrogens (tertiary/aromatic N) is 2. The third-order valence-electron chi connectivity index (χ3n) is 8.21. The average molecular weight is 634 g/mol. The Morgan fingerprint density at radius 2 is 1.59 bits per heavy atom. The molecule has 2 aromatic rings. The largest absolute Gasteiger partial charge is 0.426 e. The van der Waals surface area contributed by atoms with Gasteiger partial charge in [-0.2, -0.15) is 0 Å². The summed E-state index contributed by atoms with van der Waals surface area (Å²) in [6, 6.07) is 10.4. The standard InChI is InChI=1S/C27H23Br2FN2O5/c1-12-8-16(37-27(36)13-9-20(33)31(11-13)15-4-2-14(30)3-5-15)6-7-19(12)32-25(34)21-17-10-18(22(21)26(32)35)24(29)23(17)28/h2-8,13,17-18,21-24H,9-11H2,1H3/t13-,17-,18-,21-,22-,23-,24+/m1/s1. The van der Waals surface area contributed by atoms with E-state index in [9.17, 15) is 23.6 Å². The van der Waals surface area contributed by atoms with E-state index < -0.39 is 17.7 Å². The highest BCUT2D eigenvalue weighted by Crippen LogP contribution is 2.60. The van der Waals surface area contributed by atoms with Crippen LogP contribution in [-0.2, 0) is 19.2 Å². The molecule has 3 amide bonds. The molecule has 2 bridgehead atoms. The Hall–Kier alpha value is -2.59. The summed E-state index contributed by atoms with van der Waals surface area (Å²) >= 11 is 7.40. The number of anilines is 2. The van der Waals surface area contributed by atoms with Crippen LogP contribution in [0, 0.1) is 42.3 Å². The molecule has 2 aromatic carbocycles. The van der Waals surface area contributed by atoms with Gasteiger partial charge in [-0.15, -0.1) is 0 Å². The van der Waals surface area contributed by atoms with E-state index in [-0.39, 0.29) is 69.8 Å². The molecule has 2 heterocycles. The van der Waals surface area contributed by atoms with Crippen LogP contribution in [0.1, 0.15) is 18.4 Å². The van der Waals surface area contributed by atoms with Gasteiger partial charge in [0.05, 0.1) is 23.4 Å². The number of ether oxygens (including phenoxy) is 1. The van der Waals surface area contributed by atoms with Crippen LogP contribution in [-0.4, -0.2) is 39.9 Å². The van der Waals surface area contributed by atoms with Gasteiger partial charge in [-0.25, -0.2) is 9.29 Å². The number of alkyl halides is 2. The number of carbonyl (C=O) groups excluding carboxylic acids is 4. The van der Waals surface area contributed by atoms with Crippen molar-refractivity contribution in [1.82, 2.24) is 0 Å². The van der Waals surface area contributed by atoms with E-state index >= 15 is 0 Å². The first-order valence-corrected chi connectivity index (χ1v) is 14.0. The lowest BCUT2D eigenvalue weighted by Crippen LogP contribution is -2.37. The van der Waals surface area contributed by atoms with Crippen LogP contribution >= 0.6 is 31.9 Å². The first kappa shape index (κ1) is 24.7.